The lowest BCUT2D eigenvalue weighted by Crippen LogP contribution is -2.30. The lowest BCUT2D eigenvalue weighted by molar-refractivity contribution is -0.139. The zero-order chi connectivity index (χ0) is 22.0. The molecule has 0 spiro atoms. The molecule has 2 aromatic rings. The summed E-state index contributed by atoms with van der Waals surface area (Å²) in [4.78, 5) is 27.6. The lowest BCUT2D eigenvalue weighted by atomic mass is 9.88. The quantitative estimate of drug-likeness (QED) is 0.392. The number of hydrogen-bond donors (Lipinski definition) is 1. The first-order chi connectivity index (χ1) is 15.0. The second-order valence-corrected chi connectivity index (χ2v) is 8.63. The van der Waals surface area contributed by atoms with Crippen molar-refractivity contribution in [1.82, 2.24) is 4.90 Å². The highest BCUT2D eigenvalue weighted by Crippen LogP contribution is 2.40. The highest BCUT2D eigenvalue weighted by molar-refractivity contribution is 6.46. The Hall–Kier alpha value is -2.88. The Morgan fingerprint density at radius 1 is 1.00 bits per heavy atom. The molecule has 1 N–H and O–H groups in total. The van der Waals surface area contributed by atoms with Crippen molar-refractivity contribution >= 4 is 17.4 Å². The fourth-order valence-corrected chi connectivity index (χ4v) is 4.76. The van der Waals surface area contributed by atoms with Gasteiger partial charge in [0.15, 0.2) is 0 Å². The number of likely N-dealkylation sites (tertiary alicyclic amines) is 1. The summed E-state index contributed by atoms with van der Waals surface area (Å²) in [5, 5.41) is 11.3. The van der Waals surface area contributed by atoms with Crippen molar-refractivity contribution in [2.75, 3.05) is 6.54 Å². The molecule has 2 aromatic carbocycles. The maximum atomic E-state index is 13.1. The molecule has 4 nitrogen and oxygen atoms in total. The Labute approximate surface area is 184 Å². The average molecular weight is 418 g/mol. The Balaban J connectivity index is 1.81. The van der Waals surface area contributed by atoms with Gasteiger partial charge in [-0.2, -0.15) is 0 Å². The van der Waals surface area contributed by atoms with E-state index in [1.54, 1.807) is 4.90 Å². The summed E-state index contributed by atoms with van der Waals surface area (Å²) in [5.74, 6) is -1.16. The monoisotopic (exact) mass is 417 g/mol. The molecule has 0 aromatic heterocycles. The standard InChI is InChI=1S/C27H31NO3/c1-3-5-16-28-24(20-12-10-18(4-2)11-13-20)23(26(30)27(28)31)25(29)22-15-14-19-8-6-7-9-21(19)17-22/h10-15,17,24,29H,3-9,16H2,1-2H3/b25-23-. The highest BCUT2D eigenvalue weighted by atomic mass is 16.3. The second kappa shape index (κ2) is 9.09. The largest absolute Gasteiger partial charge is 0.507 e. The number of amides is 1. The Kier molecular flexibility index (Phi) is 6.26. The number of benzene rings is 2. The van der Waals surface area contributed by atoms with E-state index in [1.807, 2.05) is 36.4 Å². The number of carbonyl (C=O) groups is 2. The normalized spacial score (nSPS) is 20.2. The molecule has 2 aliphatic rings. The zero-order valence-electron chi connectivity index (χ0n) is 18.5. The first-order valence-corrected chi connectivity index (χ1v) is 11.5. The molecule has 0 saturated carbocycles. The number of fused-ring (bicyclic) bond motifs is 1. The number of nitrogens with zero attached hydrogens (tertiary/aromatic N) is 1. The number of aryl methyl sites for hydroxylation is 3. The van der Waals surface area contributed by atoms with E-state index in [-0.39, 0.29) is 11.3 Å². The summed E-state index contributed by atoms with van der Waals surface area (Å²) in [7, 11) is 0. The van der Waals surface area contributed by atoms with E-state index in [1.165, 1.54) is 23.1 Å². The molecule has 4 rings (SSSR count). The predicted molar refractivity (Wildman–Crippen MR) is 123 cm³/mol. The van der Waals surface area contributed by atoms with Gasteiger partial charge in [-0.05, 0) is 66.8 Å². The van der Waals surface area contributed by atoms with Crippen LogP contribution in [-0.4, -0.2) is 28.2 Å². The molecule has 0 radical (unpaired) electrons. The van der Waals surface area contributed by atoms with Gasteiger partial charge in [-0.3, -0.25) is 9.59 Å². The van der Waals surface area contributed by atoms with Gasteiger partial charge in [-0.25, -0.2) is 0 Å². The van der Waals surface area contributed by atoms with Crippen molar-refractivity contribution in [3.63, 3.8) is 0 Å². The van der Waals surface area contributed by atoms with Crippen LogP contribution in [0, 0.1) is 0 Å². The van der Waals surface area contributed by atoms with Crippen LogP contribution in [0.5, 0.6) is 0 Å². The van der Waals surface area contributed by atoms with Crippen LogP contribution in [0.2, 0.25) is 0 Å². The maximum Gasteiger partial charge on any atom is 0.295 e. The fraction of sp³-hybridized carbons (Fsp3) is 0.407. The minimum absolute atomic E-state index is 0.0599. The van der Waals surface area contributed by atoms with Crippen LogP contribution in [0.25, 0.3) is 5.76 Å². The van der Waals surface area contributed by atoms with Crippen LogP contribution >= 0.6 is 0 Å². The van der Waals surface area contributed by atoms with Gasteiger partial charge in [-0.1, -0.05) is 56.7 Å². The fourth-order valence-electron chi connectivity index (χ4n) is 4.76. The van der Waals surface area contributed by atoms with Crippen molar-refractivity contribution in [3.05, 3.63) is 75.9 Å². The van der Waals surface area contributed by atoms with Crippen molar-refractivity contribution < 1.29 is 14.7 Å². The molecule has 1 aliphatic carbocycles. The van der Waals surface area contributed by atoms with Gasteiger partial charge in [0.1, 0.15) is 5.76 Å². The molecule has 4 heteroatoms. The van der Waals surface area contributed by atoms with E-state index < -0.39 is 17.7 Å². The van der Waals surface area contributed by atoms with E-state index in [2.05, 4.69) is 19.9 Å². The summed E-state index contributed by atoms with van der Waals surface area (Å²) < 4.78 is 0. The first kappa shape index (κ1) is 21.4. The number of Topliss-reactive ketones (excluding diaryl/α,β-unsaturated/α-hetero) is 1. The molecule has 1 atom stereocenters. The van der Waals surface area contributed by atoms with Crippen LogP contribution in [0.3, 0.4) is 0 Å². The predicted octanol–water partition coefficient (Wildman–Crippen LogP) is 5.35. The number of aliphatic hydroxyl groups is 1. The van der Waals surface area contributed by atoms with Crippen LogP contribution in [-0.2, 0) is 28.9 Å². The summed E-state index contributed by atoms with van der Waals surface area (Å²) >= 11 is 0. The second-order valence-electron chi connectivity index (χ2n) is 8.63. The number of ketones is 1. The van der Waals surface area contributed by atoms with E-state index in [9.17, 15) is 14.7 Å². The molecule has 1 aliphatic heterocycles. The van der Waals surface area contributed by atoms with Crippen molar-refractivity contribution in [2.45, 2.75) is 64.8 Å². The van der Waals surface area contributed by atoms with E-state index in [4.69, 9.17) is 0 Å². The third-order valence-corrected chi connectivity index (χ3v) is 6.62. The molecule has 1 fully saturated rings. The zero-order valence-corrected chi connectivity index (χ0v) is 18.5. The Bertz CT molecular complexity index is 1020. The van der Waals surface area contributed by atoms with Crippen LogP contribution < -0.4 is 0 Å². The van der Waals surface area contributed by atoms with Crippen LogP contribution in [0.1, 0.15) is 73.4 Å². The van der Waals surface area contributed by atoms with E-state index in [0.717, 1.165) is 44.1 Å². The van der Waals surface area contributed by atoms with Crippen LogP contribution in [0.15, 0.2) is 48.0 Å². The molecule has 1 saturated heterocycles. The van der Waals surface area contributed by atoms with E-state index in [0.29, 0.717) is 12.1 Å². The lowest BCUT2D eigenvalue weighted by Gasteiger charge is -2.25. The summed E-state index contributed by atoms with van der Waals surface area (Å²) in [6.07, 6.45) is 7.04. The van der Waals surface area contributed by atoms with Gasteiger partial charge in [0.2, 0.25) is 0 Å². The Morgan fingerprint density at radius 3 is 2.39 bits per heavy atom. The number of carbonyl (C=O) groups excluding carboxylic acids is 2. The first-order valence-electron chi connectivity index (χ1n) is 11.5. The maximum absolute atomic E-state index is 13.1. The number of rotatable bonds is 6. The molecular formula is C27H31NO3. The van der Waals surface area contributed by atoms with Gasteiger partial charge >= 0.3 is 0 Å². The molecule has 1 amide bonds. The van der Waals surface area contributed by atoms with E-state index >= 15 is 0 Å². The number of aliphatic hydroxyl groups excluding tert-OH is 1. The Morgan fingerprint density at radius 2 is 1.71 bits per heavy atom. The summed E-state index contributed by atoms with van der Waals surface area (Å²) in [6, 6.07) is 13.4. The minimum Gasteiger partial charge on any atom is -0.507 e. The summed E-state index contributed by atoms with van der Waals surface area (Å²) in [6.45, 7) is 4.66. The third-order valence-electron chi connectivity index (χ3n) is 6.62. The van der Waals surface area contributed by atoms with Crippen molar-refractivity contribution in [2.24, 2.45) is 0 Å². The van der Waals surface area contributed by atoms with Crippen molar-refractivity contribution in [1.29, 1.82) is 0 Å². The molecule has 0 bridgehead atoms. The highest BCUT2D eigenvalue weighted by Gasteiger charge is 2.45. The van der Waals surface area contributed by atoms with Gasteiger partial charge in [0.25, 0.3) is 11.7 Å². The van der Waals surface area contributed by atoms with Crippen molar-refractivity contribution in [3.8, 4) is 0 Å². The smallest absolute Gasteiger partial charge is 0.295 e. The van der Waals surface area contributed by atoms with Gasteiger partial charge in [0, 0.05) is 12.1 Å². The van der Waals surface area contributed by atoms with Gasteiger partial charge < -0.3 is 10.0 Å². The molecule has 162 valence electrons. The summed E-state index contributed by atoms with van der Waals surface area (Å²) in [5.41, 5.74) is 5.46. The van der Waals surface area contributed by atoms with Gasteiger partial charge in [-0.15, -0.1) is 0 Å². The third kappa shape index (κ3) is 4.04. The number of hydrogen-bond acceptors (Lipinski definition) is 3. The molecule has 1 heterocycles. The average Bonchev–Trinajstić information content (AvgIpc) is 3.06. The number of unbranched alkanes of at least 4 members (excludes halogenated alkanes) is 1. The topological polar surface area (TPSA) is 57.6 Å². The molecule has 1 unspecified atom stereocenters. The van der Waals surface area contributed by atoms with Gasteiger partial charge in [0.05, 0.1) is 11.6 Å². The molecule has 31 heavy (non-hydrogen) atoms. The van der Waals surface area contributed by atoms with Crippen LogP contribution in [0.4, 0.5) is 0 Å². The minimum atomic E-state index is -0.587. The molecular weight excluding hydrogens is 386 g/mol. The SMILES string of the molecule is CCCCN1C(=O)C(=O)/C(=C(\O)c2ccc3c(c2)CCCC3)C1c1ccc(CC)cc1.